The van der Waals surface area contributed by atoms with E-state index in [2.05, 4.69) is 58.8 Å². The fourth-order valence-electron chi connectivity index (χ4n) is 2.27. The van der Waals surface area contributed by atoms with Gasteiger partial charge in [0.05, 0.1) is 17.4 Å². The Bertz CT molecular complexity index is 473. The molecule has 0 saturated heterocycles. The molecule has 2 aromatic heterocycles. The summed E-state index contributed by atoms with van der Waals surface area (Å²) >= 11 is 1.76. The number of hydrogen-bond acceptors (Lipinski definition) is 3. The molecule has 0 spiro atoms. The standard InChI is InChI=1S/C14H21N3S/c1-4-15-13(9-12-6-7-18-10-12)14-8-11(3)16-17(14)5-2/h6-8,10,13,15H,4-5,9H2,1-3H3. The zero-order valence-electron chi connectivity index (χ0n) is 11.3. The molecular weight excluding hydrogens is 242 g/mol. The van der Waals surface area contributed by atoms with Crippen LogP contribution in [0.3, 0.4) is 0 Å². The van der Waals surface area contributed by atoms with Crippen molar-refractivity contribution >= 4 is 11.3 Å². The van der Waals surface area contributed by atoms with Crippen LogP contribution in [-0.4, -0.2) is 16.3 Å². The summed E-state index contributed by atoms with van der Waals surface area (Å²) in [6.07, 6.45) is 1.03. The third-order valence-corrected chi connectivity index (χ3v) is 3.79. The van der Waals surface area contributed by atoms with Crippen LogP contribution in [0.4, 0.5) is 0 Å². The summed E-state index contributed by atoms with van der Waals surface area (Å²) in [6, 6.07) is 4.75. The van der Waals surface area contributed by atoms with E-state index < -0.39 is 0 Å². The van der Waals surface area contributed by atoms with Gasteiger partial charge in [-0.2, -0.15) is 16.4 Å². The topological polar surface area (TPSA) is 29.9 Å². The Kier molecular flexibility index (Phi) is 4.55. The molecule has 0 amide bonds. The van der Waals surface area contributed by atoms with Crippen LogP contribution in [0.25, 0.3) is 0 Å². The Morgan fingerprint density at radius 2 is 2.28 bits per heavy atom. The summed E-state index contributed by atoms with van der Waals surface area (Å²) in [5.74, 6) is 0. The quantitative estimate of drug-likeness (QED) is 0.867. The SMILES string of the molecule is CCNC(Cc1ccsc1)c1cc(C)nn1CC. The Morgan fingerprint density at radius 1 is 1.44 bits per heavy atom. The van der Waals surface area contributed by atoms with E-state index in [9.17, 15) is 0 Å². The number of hydrogen-bond donors (Lipinski definition) is 1. The van der Waals surface area contributed by atoms with Gasteiger partial charge in [0, 0.05) is 6.54 Å². The van der Waals surface area contributed by atoms with E-state index in [0.29, 0.717) is 6.04 Å². The molecule has 4 heteroatoms. The summed E-state index contributed by atoms with van der Waals surface area (Å²) in [6.45, 7) is 8.25. The second-order valence-corrected chi connectivity index (χ2v) is 5.25. The smallest absolute Gasteiger partial charge is 0.0597 e. The van der Waals surface area contributed by atoms with Gasteiger partial charge in [0.2, 0.25) is 0 Å². The van der Waals surface area contributed by atoms with Crippen molar-refractivity contribution in [1.29, 1.82) is 0 Å². The highest BCUT2D eigenvalue weighted by Gasteiger charge is 2.16. The lowest BCUT2D eigenvalue weighted by Crippen LogP contribution is -2.25. The second kappa shape index (κ2) is 6.16. The van der Waals surface area contributed by atoms with Gasteiger partial charge in [0.15, 0.2) is 0 Å². The molecule has 18 heavy (non-hydrogen) atoms. The lowest BCUT2D eigenvalue weighted by molar-refractivity contribution is 0.490. The third-order valence-electron chi connectivity index (χ3n) is 3.06. The van der Waals surface area contributed by atoms with Crippen LogP contribution in [0.5, 0.6) is 0 Å². The molecule has 2 rings (SSSR count). The summed E-state index contributed by atoms with van der Waals surface area (Å²) in [4.78, 5) is 0. The molecule has 98 valence electrons. The normalized spacial score (nSPS) is 12.8. The molecule has 0 fully saturated rings. The monoisotopic (exact) mass is 263 g/mol. The van der Waals surface area contributed by atoms with Crippen LogP contribution in [0.1, 0.15) is 36.8 Å². The minimum Gasteiger partial charge on any atom is -0.309 e. The maximum Gasteiger partial charge on any atom is 0.0597 e. The van der Waals surface area contributed by atoms with Crippen LogP contribution < -0.4 is 5.32 Å². The van der Waals surface area contributed by atoms with Crippen LogP contribution in [0.15, 0.2) is 22.9 Å². The average molecular weight is 263 g/mol. The van der Waals surface area contributed by atoms with E-state index >= 15 is 0 Å². The number of likely N-dealkylation sites (N-methyl/N-ethyl adjacent to an activating group) is 1. The molecule has 0 aliphatic rings. The van der Waals surface area contributed by atoms with Crippen molar-refractivity contribution in [3.63, 3.8) is 0 Å². The van der Waals surface area contributed by atoms with Gasteiger partial charge >= 0.3 is 0 Å². The number of aryl methyl sites for hydroxylation is 2. The molecular formula is C14H21N3S. The maximum atomic E-state index is 4.54. The first-order chi connectivity index (χ1) is 8.74. The highest BCUT2D eigenvalue weighted by molar-refractivity contribution is 7.07. The fourth-order valence-corrected chi connectivity index (χ4v) is 2.95. The van der Waals surface area contributed by atoms with Crippen molar-refractivity contribution in [2.45, 2.75) is 39.8 Å². The number of rotatable bonds is 6. The van der Waals surface area contributed by atoms with E-state index in [4.69, 9.17) is 0 Å². The van der Waals surface area contributed by atoms with E-state index in [1.165, 1.54) is 11.3 Å². The predicted octanol–water partition coefficient (Wildman–Crippen LogP) is 3.17. The highest BCUT2D eigenvalue weighted by atomic mass is 32.1. The molecule has 0 saturated carbocycles. The summed E-state index contributed by atoms with van der Waals surface area (Å²) in [7, 11) is 0. The largest absolute Gasteiger partial charge is 0.309 e. The molecule has 1 N–H and O–H groups in total. The minimum atomic E-state index is 0.353. The Labute approximate surface area is 113 Å². The molecule has 2 heterocycles. The van der Waals surface area contributed by atoms with Crippen LogP contribution in [-0.2, 0) is 13.0 Å². The lowest BCUT2D eigenvalue weighted by Gasteiger charge is -2.18. The van der Waals surface area contributed by atoms with Gasteiger partial charge in [-0.3, -0.25) is 4.68 Å². The molecule has 3 nitrogen and oxygen atoms in total. The first-order valence-corrected chi connectivity index (χ1v) is 7.47. The summed E-state index contributed by atoms with van der Waals surface area (Å²) < 4.78 is 2.11. The average Bonchev–Trinajstić information content (AvgIpc) is 2.97. The van der Waals surface area contributed by atoms with Gasteiger partial charge in [0.25, 0.3) is 0 Å². The predicted molar refractivity (Wildman–Crippen MR) is 77.1 cm³/mol. The summed E-state index contributed by atoms with van der Waals surface area (Å²) in [5, 5.41) is 12.5. The van der Waals surface area contributed by atoms with Crippen LogP contribution >= 0.6 is 11.3 Å². The molecule has 1 atom stereocenters. The fraction of sp³-hybridized carbons (Fsp3) is 0.500. The molecule has 0 bridgehead atoms. The number of aromatic nitrogens is 2. The maximum absolute atomic E-state index is 4.54. The van der Waals surface area contributed by atoms with Crippen molar-refractivity contribution in [2.75, 3.05) is 6.54 Å². The second-order valence-electron chi connectivity index (χ2n) is 4.47. The third kappa shape index (κ3) is 3.00. The van der Waals surface area contributed by atoms with E-state index in [-0.39, 0.29) is 0 Å². The van der Waals surface area contributed by atoms with E-state index in [1.807, 2.05) is 0 Å². The zero-order chi connectivity index (χ0) is 13.0. The Balaban J connectivity index is 2.22. The molecule has 2 aromatic rings. The Morgan fingerprint density at radius 3 is 2.89 bits per heavy atom. The Hall–Kier alpha value is -1.13. The van der Waals surface area contributed by atoms with Gasteiger partial charge in [0.1, 0.15) is 0 Å². The van der Waals surface area contributed by atoms with E-state index in [0.717, 1.165) is 25.2 Å². The van der Waals surface area contributed by atoms with Gasteiger partial charge < -0.3 is 5.32 Å². The van der Waals surface area contributed by atoms with Crippen molar-refractivity contribution in [2.24, 2.45) is 0 Å². The van der Waals surface area contributed by atoms with E-state index in [1.54, 1.807) is 11.3 Å². The number of nitrogens with zero attached hydrogens (tertiary/aromatic N) is 2. The number of nitrogens with one attached hydrogen (secondary N) is 1. The first-order valence-electron chi connectivity index (χ1n) is 6.53. The highest BCUT2D eigenvalue weighted by Crippen LogP contribution is 2.21. The molecule has 0 radical (unpaired) electrons. The zero-order valence-corrected chi connectivity index (χ0v) is 12.1. The molecule has 0 aliphatic carbocycles. The van der Waals surface area contributed by atoms with Gasteiger partial charge in [-0.25, -0.2) is 0 Å². The van der Waals surface area contributed by atoms with Crippen LogP contribution in [0.2, 0.25) is 0 Å². The van der Waals surface area contributed by atoms with Gasteiger partial charge in [-0.1, -0.05) is 6.92 Å². The summed E-state index contributed by atoms with van der Waals surface area (Å²) in [5.41, 5.74) is 3.79. The van der Waals surface area contributed by atoms with Crippen LogP contribution in [0, 0.1) is 6.92 Å². The van der Waals surface area contributed by atoms with Gasteiger partial charge in [-0.15, -0.1) is 0 Å². The molecule has 0 aliphatic heterocycles. The first kappa shape index (κ1) is 13.3. The minimum absolute atomic E-state index is 0.353. The van der Waals surface area contributed by atoms with Crippen molar-refractivity contribution in [1.82, 2.24) is 15.1 Å². The molecule has 1 unspecified atom stereocenters. The molecule has 0 aromatic carbocycles. The van der Waals surface area contributed by atoms with Crippen molar-refractivity contribution in [3.05, 3.63) is 39.8 Å². The van der Waals surface area contributed by atoms with Gasteiger partial charge in [-0.05, 0) is 55.3 Å². The van der Waals surface area contributed by atoms with Crippen molar-refractivity contribution < 1.29 is 0 Å². The van der Waals surface area contributed by atoms with Crippen molar-refractivity contribution in [3.8, 4) is 0 Å². The lowest BCUT2D eigenvalue weighted by atomic mass is 10.1. The number of thiophene rings is 1.